The van der Waals surface area contributed by atoms with Crippen LogP contribution in [0.4, 0.5) is 9.18 Å². The Morgan fingerprint density at radius 1 is 1.30 bits per heavy atom. The Morgan fingerprint density at radius 3 is 2.73 bits per heavy atom. The molecule has 4 heterocycles. The van der Waals surface area contributed by atoms with Crippen molar-refractivity contribution in [3.8, 4) is 6.07 Å². The predicted molar refractivity (Wildman–Crippen MR) is 157 cm³/mol. The van der Waals surface area contributed by atoms with E-state index in [9.17, 15) is 14.9 Å². The monoisotopic (exact) mass is 629 g/mol. The first-order chi connectivity index (χ1) is 19.0. The maximum absolute atomic E-state index is 15.8. The van der Waals surface area contributed by atoms with E-state index in [1.807, 2.05) is 38.0 Å². The van der Waals surface area contributed by atoms with Gasteiger partial charge in [-0.1, -0.05) is 0 Å². The first kappa shape index (κ1) is 28.7. The number of aryl methyl sites for hydroxylation is 1. The number of halogens is 2. The van der Waals surface area contributed by atoms with Crippen molar-refractivity contribution in [1.29, 1.82) is 5.26 Å². The lowest BCUT2D eigenvalue weighted by molar-refractivity contribution is -0.128. The maximum atomic E-state index is 15.8. The van der Waals surface area contributed by atoms with E-state index in [4.69, 9.17) is 9.72 Å². The van der Waals surface area contributed by atoms with Crippen LogP contribution in [0.15, 0.2) is 21.6 Å². The van der Waals surface area contributed by atoms with Crippen LogP contribution < -0.4 is 0 Å². The lowest BCUT2D eigenvalue weighted by atomic mass is 10.0. The maximum Gasteiger partial charge on any atom is 0.410 e. The molecule has 0 N–H and O–H groups in total. The number of nitrogens with zero attached hydrogens (tertiary/aromatic N) is 5. The van der Waals surface area contributed by atoms with Gasteiger partial charge in [-0.15, -0.1) is 11.8 Å². The van der Waals surface area contributed by atoms with Crippen molar-refractivity contribution in [3.05, 3.63) is 33.7 Å². The molecule has 0 radical (unpaired) electrons. The zero-order valence-corrected chi connectivity index (χ0v) is 25.6. The molecule has 1 unspecified atom stereocenters. The van der Waals surface area contributed by atoms with Crippen LogP contribution in [0.1, 0.15) is 63.8 Å². The van der Waals surface area contributed by atoms with Gasteiger partial charge in [0.05, 0.1) is 28.6 Å². The van der Waals surface area contributed by atoms with Gasteiger partial charge in [0.2, 0.25) is 5.91 Å². The average Bonchev–Trinajstić information content (AvgIpc) is 3.63. The second-order valence-electron chi connectivity index (χ2n) is 11.4. The second-order valence-corrected chi connectivity index (χ2v) is 13.0. The van der Waals surface area contributed by atoms with Gasteiger partial charge in [-0.2, -0.15) is 5.26 Å². The van der Waals surface area contributed by atoms with E-state index in [2.05, 4.69) is 32.6 Å². The minimum absolute atomic E-state index is 0.0905. The number of carbonyl (C=O) groups is 2. The van der Waals surface area contributed by atoms with Crippen LogP contribution in [0.5, 0.6) is 0 Å². The zero-order valence-electron chi connectivity index (χ0n) is 23.2. The number of aromatic nitrogens is 2. The minimum atomic E-state index is -0.601. The molecule has 5 rings (SSSR count). The largest absolute Gasteiger partial charge is 0.444 e. The van der Waals surface area contributed by atoms with E-state index in [-0.39, 0.29) is 30.0 Å². The lowest BCUT2D eigenvalue weighted by Gasteiger charge is -2.25. The number of rotatable bonds is 6. The fourth-order valence-corrected chi connectivity index (χ4v) is 6.77. The van der Waals surface area contributed by atoms with Gasteiger partial charge in [-0.25, -0.2) is 14.2 Å². The molecule has 2 aliphatic heterocycles. The molecule has 1 aromatic carbocycles. The molecule has 2 aromatic heterocycles. The number of hydrogen-bond acceptors (Lipinski definition) is 6. The zero-order chi connectivity index (χ0) is 28.8. The number of nitriles is 1. The van der Waals surface area contributed by atoms with Gasteiger partial charge in [0, 0.05) is 48.9 Å². The van der Waals surface area contributed by atoms with Crippen molar-refractivity contribution in [2.45, 2.75) is 76.1 Å². The van der Waals surface area contributed by atoms with E-state index < -0.39 is 11.4 Å². The van der Waals surface area contributed by atoms with Gasteiger partial charge in [0.1, 0.15) is 16.1 Å². The number of hydrogen-bond donors (Lipinski definition) is 0. The molecule has 0 bridgehead atoms. The molecule has 11 heteroatoms. The Labute approximate surface area is 245 Å². The van der Waals surface area contributed by atoms with Crippen LogP contribution >= 0.6 is 27.7 Å². The summed E-state index contributed by atoms with van der Waals surface area (Å²) in [6, 6.07) is 6.06. The number of amides is 2. The number of pyridine rings is 1. The summed E-state index contributed by atoms with van der Waals surface area (Å²) >= 11 is 4.86. The van der Waals surface area contributed by atoms with E-state index >= 15 is 4.39 Å². The molecule has 2 saturated heterocycles. The van der Waals surface area contributed by atoms with Crippen molar-refractivity contribution >= 4 is 61.5 Å². The fraction of sp³-hybridized carbons (Fsp3) is 0.517. The molecule has 2 fully saturated rings. The minimum Gasteiger partial charge on any atom is -0.444 e. The summed E-state index contributed by atoms with van der Waals surface area (Å²) < 4.78 is 24.0. The summed E-state index contributed by atoms with van der Waals surface area (Å²) in [7, 11) is 0. The molecule has 0 aliphatic carbocycles. The number of fused-ring (bicyclic) bond motifs is 3. The highest BCUT2D eigenvalue weighted by molar-refractivity contribution is 9.10. The normalized spacial score (nSPS) is 17.8. The van der Waals surface area contributed by atoms with Crippen LogP contribution in [-0.4, -0.2) is 62.8 Å². The third kappa shape index (κ3) is 5.40. The highest BCUT2D eigenvalue weighted by Crippen LogP contribution is 2.41. The quantitative estimate of drug-likeness (QED) is 0.286. The van der Waals surface area contributed by atoms with Gasteiger partial charge >= 0.3 is 6.09 Å². The van der Waals surface area contributed by atoms with Gasteiger partial charge < -0.3 is 19.1 Å². The van der Waals surface area contributed by atoms with Crippen molar-refractivity contribution in [1.82, 2.24) is 19.4 Å². The van der Waals surface area contributed by atoms with Gasteiger partial charge in [-0.3, -0.25) is 4.79 Å². The molecule has 2 amide bonds. The second kappa shape index (κ2) is 11.2. The molecule has 0 saturated carbocycles. The summed E-state index contributed by atoms with van der Waals surface area (Å²) in [5.74, 6) is -0.325. The topological polar surface area (TPSA) is 91.5 Å². The summed E-state index contributed by atoms with van der Waals surface area (Å²) in [5.41, 5.74) is 2.15. The third-order valence-electron chi connectivity index (χ3n) is 7.48. The molecule has 0 spiro atoms. The van der Waals surface area contributed by atoms with Crippen molar-refractivity contribution < 1.29 is 18.7 Å². The Morgan fingerprint density at radius 2 is 2.08 bits per heavy atom. The fourth-order valence-electron chi connectivity index (χ4n) is 5.72. The molecule has 40 heavy (non-hydrogen) atoms. The van der Waals surface area contributed by atoms with Crippen LogP contribution in [0.25, 0.3) is 21.8 Å². The highest BCUT2D eigenvalue weighted by atomic mass is 79.9. The number of ether oxygens (including phenoxy) is 1. The van der Waals surface area contributed by atoms with E-state index in [1.165, 1.54) is 11.8 Å². The standard InChI is InChI=1S/C29H33BrFN5O3S/c1-29(2,3)39-28(38)35-12-9-18(15-35)36-19(16-34-11-6-8-22(34)37)14-21-26(36)20-13-17(7-5-10-32)23(30)24(31)25(20)33-27(21)40-4/h13-14,18H,5-9,11-12,15-16H2,1-4H3. The van der Waals surface area contributed by atoms with Crippen LogP contribution in [0.3, 0.4) is 0 Å². The van der Waals surface area contributed by atoms with Crippen LogP contribution in [-0.2, 0) is 22.5 Å². The van der Waals surface area contributed by atoms with E-state index in [1.54, 1.807) is 4.90 Å². The summed E-state index contributed by atoms with van der Waals surface area (Å²) in [4.78, 5) is 33.9. The number of benzene rings is 1. The van der Waals surface area contributed by atoms with Gasteiger partial charge in [0.25, 0.3) is 0 Å². The first-order valence-corrected chi connectivity index (χ1v) is 15.5. The highest BCUT2D eigenvalue weighted by Gasteiger charge is 2.34. The molecule has 1 atom stereocenters. The molecule has 2 aliphatic rings. The predicted octanol–water partition coefficient (Wildman–Crippen LogP) is 6.57. The van der Waals surface area contributed by atoms with Crippen molar-refractivity contribution in [2.24, 2.45) is 0 Å². The molecule has 212 valence electrons. The van der Waals surface area contributed by atoms with E-state index in [0.717, 1.165) is 23.0 Å². The number of carbonyl (C=O) groups excluding carboxylic acids is 2. The SMILES string of the molecule is CSc1nc2c(F)c(Br)c(CCC#N)cc2c2c1cc(CN1CCCC1=O)n2C1CCN(C(=O)OC(C)(C)C)C1. The molecular formula is C29H33BrFN5O3S. The smallest absolute Gasteiger partial charge is 0.410 e. The van der Waals surface area contributed by atoms with Gasteiger partial charge in [-0.05, 0) is 79.9 Å². The molecule has 8 nitrogen and oxygen atoms in total. The van der Waals surface area contributed by atoms with Crippen molar-refractivity contribution in [3.63, 3.8) is 0 Å². The number of thioether (sulfide) groups is 1. The van der Waals surface area contributed by atoms with Crippen molar-refractivity contribution in [2.75, 3.05) is 25.9 Å². The molecular weight excluding hydrogens is 597 g/mol. The molecule has 3 aromatic rings. The average molecular weight is 631 g/mol. The van der Waals surface area contributed by atoms with E-state index in [0.29, 0.717) is 65.9 Å². The Kier molecular flexibility index (Phi) is 8.03. The Bertz CT molecular complexity index is 1540. The number of likely N-dealkylation sites (tertiary alicyclic amines) is 2. The Hall–Kier alpha value is -2.84. The third-order valence-corrected chi connectivity index (χ3v) is 9.03. The van der Waals surface area contributed by atoms with Gasteiger partial charge in [0.15, 0.2) is 5.82 Å². The summed E-state index contributed by atoms with van der Waals surface area (Å²) in [6.07, 6.45) is 4.30. The summed E-state index contributed by atoms with van der Waals surface area (Å²) in [6.45, 7) is 7.66. The van der Waals surface area contributed by atoms with Crippen LogP contribution in [0, 0.1) is 17.1 Å². The Balaban J connectivity index is 1.71. The first-order valence-electron chi connectivity index (χ1n) is 13.5. The summed E-state index contributed by atoms with van der Waals surface area (Å²) in [5, 5.41) is 11.4. The van der Waals surface area contributed by atoms with Crippen LogP contribution in [0.2, 0.25) is 0 Å². The lowest BCUT2D eigenvalue weighted by Crippen LogP contribution is -2.35.